The average molecular weight is 268 g/mol. The average Bonchev–Trinajstić information content (AvgIpc) is 2.88. The van der Waals surface area contributed by atoms with E-state index in [2.05, 4.69) is 45.0 Å². The van der Waals surface area contributed by atoms with Gasteiger partial charge in [0.1, 0.15) is 0 Å². The second-order valence-corrected chi connectivity index (χ2v) is 6.45. The first-order valence-corrected chi connectivity index (χ1v) is 8.56. The van der Waals surface area contributed by atoms with Gasteiger partial charge in [0.15, 0.2) is 0 Å². The van der Waals surface area contributed by atoms with E-state index in [1.165, 1.54) is 58.0 Å². The summed E-state index contributed by atoms with van der Waals surface area (Å²) in [6, 6.07) is 0.663. The number of hydrogen-bond donors (Lipinski definition) is 1. The zero-order valence-electron chi connectivity index (χ0n) is 14.0. The highest BCUT2D eigenvalue weighted by Crippen LogP contribution is 2.40. The van der Waals surface area contributed by atoms with E-state index in [9.17, 15) is 0 Å². The van der Waals surface area contributed by atoms with Gasteiger partial charge in [-0.1, -0.05) is 53.4 Å². The Morgan fingerprint density at radius 3 is 2.11 bits per heavy atom. The summed E-state index contributed by atoms with van der Waals surface area (Å²) in [6.45, 7) is 11.8. The molecule has 2 nitrogen and oxygen atoms in total. The molecule has 0 aromatic rings. The Bertz CT molecular complexity index is 229. The van der Waals surface area contributed by atoms with E-state index in [4.69, 9.17) is 0 Å². The molecule has 1 rings (SSSR count). The predicted molar refractivity (Wildman–Crippen MR) is 85.7 cm³/mol. The number of rotatable bonds is 9. The number of nitrogens with zero attached hydrogens (tertiary/aromatic N) is 1. The van der Waals surface area contributed by atoms with E-state index in [0.29, 0.717) is 11.6 Å². The van der Waals surface area contributed by atoms with Gasteiger partial charge in [0, 0.05) is 11.6 Å². The maximum Gasteiger partial charge on any atom is 0.0362 e. The molecule has 1 aliphatic carbocycles. The third-order valence-corrected chi connectivity index (χ3v) is 5.28. The van der Waals surface area contributed by atoms with Gasteiger partial charge in [0.2, 0.25) is 0 Å². The molecule has 0 heterocycles. The second-order valence-electron chi connectivity index (χ2n) is 6.45. The van der Waals surface area contributed by atoms with Gasteiger partial charge in [-0.2, -0.15) is 0 Å². The fraction of sp³-hybridized carbons (Fsp3) is 1.00. The number of nitrogens with one attached hydrogen (secondary N) is 1. The third kappa shape index (κ3) is 3.95. The minimum absolute atomic E-state index is 0.431. The molecule has 2 heteroatoms. The molecule has 1 N–H and O–H groups in total. The Morgan fingerprint density at radius 2 is 1.68 bits per heavy atom. The predicted octanol–water partition coefficient (Wildman–Crippen LogP) is 4.06. The fourth-order valence-corrected chi connectivity index (χ4v) is 4.34. The highest BCUT2D eigenvalue weighted by Gasteiger charge is 2.44. The van der Waals surface area contributed by atoms with Gasteiger partial charge in [-0.05, 0) is 45.3 Å². The van der Waals surface area contributed by atoms with Crippen LogP contribution in [0.1, 0.15) is 72.6 Å². The van der Waals surface area contributed by atoms with Crippen molar-refractivity contribution in [3.63, 3.8) is 0 Å². The first-order chi connectivity index (χ1) is 9.14. The Kier molecular flexibility index (Phi) is 7.38. The molecule has 0 spiro atoms. The first-order valence-electron chi connectivity index (χ1n) is 8.56. The van der Waals surface area contributed by atoms with Crippen molar-refractivity contribution in [1.82, 2.24) is 10.2 Å². The quantitative estimate of drug-likeness (QED) is 0.678. The zero-order valence-corrected chi connectivity index (χ0v) is 14.0. The van der Waals surface area contributed by atoms with Crippen molar-refractivity contribution >= 4 is 0 Å². The molecule has 19 heavy (non-hydrogen) atoms. The van der Waals surface area contributed by atoms with Crippen molar-refractivity contribution in [1.29, 1.82) is 0 Å². The Morgan fingerprint density at radius 1 is 1.11 bits per heavy atom. The Hall–Kier alpha value is -0.0800. The van der Waals surface area contributed by atoms with Gasteiger partial charge in [-0.15, -0.1) is 0 Å². The summed E-state index contributed by atoms with van der Waals surface area (Å²) in [6.07, 6.45) is 9.62. The minimum Gasteiger partial charge on any atom is -0.315 e. The van der Waals surface area contributed by atoms with Crippen molar-refractivity contribution in [2.24, 2.45) is 5.92 Å². The molecule has 0 amide bonds. The van der Waals surface area contributed by atoms with Crippen LogP contribution in [0.2, 0.25) is 0 Å². The molecule has 0 aromatic heterocycles. The molecule has 2 unspecified atom stereocenters. The van der Waals surface area contributed by atoms with Crippen LogP contribution in [0, 0.1) is 5.92 Å². The molecule has 1 aliphatic rings. The van der Waals surface area contributed by atoms with E-state index in [-0.39, 0.29) is 0 Å². The molecular formula is C17H36N2. The van der Waals surface area contributed by atoms with Gasteiger partial charge >= 0.3 is 0 Å². The van der Waals surface area contributed by atoms with Crippen LogP contribution in [-0.2, 0) is 0 Å². The highest BCUT2D eigenvalue weighted by atomic mass is 15.2. The van der Waals surface area contributed by atoms with Crippen molar-refractivity contribution in [3.05, 3.63) is 0 Å². The summed E-state index contributed by atoms with van der Waals surface area (Å²) in [7, 11) is 2.17. The topological polar surface area (TPSA) is 15.3 Å². The lowest BCUT2D eigenvalue weighted by atomic mass is 9.80. The van der Waals surface area contributed by atoms with E-state index < -0.39 is 0 Å². The molecule has 0 bridgehead atoms. The van der Waals surface area contributed by atoms with E-state index in [1.807, 2.05) is 0 Å². The standard InChI is InChI=1S/C17H36N2/c1-6-11-15(4)14-16(18-5)17(12-9-10-13-17)19(7-2)8-3/h15-16,18H,6-14H2,1-5H3. The van der Waals surface area contributed by atoms with E-state index in [1.54, 1.807) is 0 Å². The monoisotopic (exact) mass is 268 g/mol. The van der Waals surface area contributed by atoms with Crippen LogP contribution in [0.25, 0.3) is 0 Å². The van der Waals surface area contributed by atoms with Crippen molar-refractivity contribution < 1.29 is 0 Å². The largest absolute Gasteiger partial charge is 0.315 e. The van der Waals surface area contributed by atoms with E-state index in [0.717, 1.165) is 5.92 Å². The van der Waals surface area contributed by atoms with Crippen LogP contribution in [-0.4, -0.2) is 36.6 Å². The molecule has 114 valence electrons. The lowest BCUT2D eigenvalue weighted by Gasteiger charge is -2.47. The van der Waals surface area contributed by atoms with Gasteiger partial charge in [0.05, 0.1) is 0 Å². The second kappa shape index (κ2) is 8.26. The summed E-state index contributed by atoms with van der Waals surface area (Å²) in [5, 5.41) is 3.68. The summed E-state index contributed by atoms with van der Waals surface area (Å²) in [4.78, 5) is 2.74. The SMILES string of the molecule is CCCC(C)CC(NC)C1(N(CC)CC)CCCC1. The third-order valence-electron chi connectivity index (χ3n) is 5.28. The van der Waals surface area contributed by atoms with Crippen LogP contribution < -0.4 is 5.32 Å². The molecule has 0 saturated heterocycles. The van der Waals surface area contributed by atoms with Gasteiger partial charge < -0.3 is 5.32 Å². The summed E-state index contributed by atoms with van der Waals surface area (Å²) in [5.41, 5.74) is 0.431. The Labute approximate surface area is 121 Å². The van der Waals surface area contributed by atoms with Gasteiger partial charge in [-0.3, -0.25) is 4.90 Å². The van der Waals surface area contributed by atoms with Gasteiger partial charge in [-0.25, -0.2) is 0 Å². The smallest absolute Gasteiger partial charge is 0.0362 e. The van der Waals surface area contributed by atoms with Crippen molar-refractivity contribution in [3.8, 4) is 0 Å². The molecule has 2 atom stereocenters. The lowest BCUT2D eigenvalue weighted by Crippen LogP contribution is -2.59. The van der Waals surface area contributed by atoms with Crippen LogP contribution in [0.3, 0.4) is 0 Å². The summed E-state index contributed by atoms with van der Waals surface area (Å²) in [5.74, 6) is 0.843. The molecule has 0 aromatic carbocycles. The molecule has 0 radical (unpaired) electrons. The van der Waals surface area contributed by atoms with Crippen LogP contribution in [0.15, 0.2) is 0 Å². The highest BCUT2D eigenvalue weighted by molar-refractivity contribution is 5.03. The van der Waals surface area contributed by atoms with E-state index >= 15 is 0 Å². The number of likely N-dealkylation sites (N-methyl/N-ethyl adjacent to an activating group) is 2. The maximum atomic E-state index is 3.68. The van der Waals surface area contributed by atoms with Crippen molar-refractivity contribution in [2.45, 2.75) is 84.2 Å². The summed E-state index contributed by atoms with van der Waals surface area (Å²) >= 11 is 0. The fourth-order valence-electron chi connectivity index (χ4n) is 4.34. The molecular weight excluding hydrogens is 232 g/mol. The molecule has 1 fully saturated rings. The van der Waals surface area contributed by atoms with Gasteiger partial charge in [0.25, 0.3) is 0 Å². The minimum atomic E-state index is 0.431. The number of hydrogen-bond acceptors (Lipinski definition) is 2. The summed E-state index contributed by atoms with van der Waals surface area (Å²) < 4.78 is 0. The normalized spacial score (nSPS) is 21.8. The Balaban J connectivity index is 2.82. The van der Waals surface area contributed by atoms with Crippen molar-refractivity contribution in [2.75, 3.05) is 20.1 Å². The molecule has 0 aliphatic heterocycles. The zero-order chi connectivity index (χ0) is 14.3. The van der Waals surface area contributed by atoms with Crippen LogP contribution in [0.4, 0.5) is 0 Å². The van der Waals surface area contributed by atoms with Crippen LogP contribution >= 0.6 is 0 Å². The maximum absolute atomic E-state index is 3.68. The first kappa shape index (κ1) is 17.0. The molecule has 1 saturated carbocycles. The van der Waals surface area contributed by atoms with Crippen LogP contribution in [0.5, 0.6) is 0 Å². The lowest BCUT2D eigenvalue weighted by molar-refractivity contribution is 0.0564.